The van der Waals surface area contributed by atoms with Crippen LogP contribution in [0.15, 0.2) is 39.7 Å². The summed E-state index contributed by atoms with van der Waals surface area (Å²) in [7, 11) is 0. The summed E-state index contributed by atoms with van der Waals surface area (Å²) < 4.78 is 3.58. The van der Waals surface area contributed by atoms with Crippen molar-refractivity contribution in [3.8, 4) is 0 Å². The lowest BCUT2D eigenvalue weighted by atomic mass is 10.3. The van der Waals surface area contributed by atoms with Gasteiger partial charge < -0.3 is 9.88 Å². The highest BCUT2D eigenvalue weighted by Crippen LogP contribution is 2.17. The highest BCUT2D eigenvalue weighted by Gasteiger charge is 2.13. The number of aromatic nitrogens is 2. The Labute approximate surface area is 128 Å². The average Bonchev–Trinajstić information content (AvgIpc) is 2.74. The van der Waals surface area contributed by atoms with Gasteiger partial charge >= 0.3 is 0 Å². The Morgan fingerprint density at radius 2 is 2.21 bits per heavy atom. The zero-order valence-corrected chi connectivity index (χ0v) is 13.5. The minimum Gasteiger partial charge on any atom is -0.342 e. The molecular weight excluding hydrogens is 374 g/mol. The molecule has 1 amide bonds. The first-order valence-electron chi connectivity index (χ1n) is 5.88. The van der Waals surface area contributed by atoms with E-state index >= 15 is 0 Å². The van der Waals surface area contributed by atoms with Gasteiger partial charge in [-0.1, -0.05) is 6.92 Å². The normalized spacial score (nSPS) is 10.5. The maximum atomic E-state index is 12.2. The summed E-state index contributed by atoms with van der Waals surface area (Å²) >= 11 is 6.65. The van der Waals surface area contributed by atoms with Crippen LogP contribution in [0, 0.1) is 0 Å². The van der Waals surface area contributed by atoms with E-state index in [4.69, 9.17) is 0 Å². The van der Waals surface area contributed by atoms with Gasteiger partial charge in [0, 0.05) is 17.2 Å². The molecule has 2 rings (SSSR count). The molecule has 0 aliphatic carbocycles. The van der Waals surface area contributed by atoms with E-state index in [1.54, 1.807) is 18.3 Å². The summed E-state index contributed by atoms with van der Waals surface area (Å²) in [6, 6.07) is 5.41. The van der Waals surface area contributed by atoms with Gasteiger partial charge in [0.1, 0.15) is 10.3 Å². The molecule has 2 aromatic rings. The van der Waals surface area contributed by atoms with Crippen LogP contribution in [0.25, 0.3) is 0 Å². The van der Waals surface area contributed by atoms with Crippen LogP contribution in [-0.4, -0.2) is 15.5 Å². The predicted molar refractivity (Wildman–Crippen MR) is 82.3 cm³/mol. The van der Waals surface area contributed by atoms with Crippen molar-refractivity contribution in [2.24, 2.45) is 0 Å². The molecule has 19 heavy (non-hydrogen) atoms. The molecular formula is C13H13Br2N3O. The number of nitrogens with one attached hydrogen (secondary N) is 1. The van der Waals surface area contributed by atoms with Crippen molar-refractivity contribution in [3.63, 3.8) is 0 Å². The SMILES string of the molecule is CCCn1cc(Br)cc1C(=O)Nc1ccc(Br)nc1. The number of anilines is 1. The second-order valence-corrected chi connectivity index (χ2v) is 5.79. The molecule has 1 N–H and O–H groups in total. The highest BCUT2D eigenvalue weighted by atomic mass is 79.9. The van der Waals surface area contributed by atoms with Crippen molar-refractivity contribution in [1.29, 1.82) is 0 Å². The van der Waals surface area contributed by atoms with E-state index in [2.05, 4.69) is 49.1 Å². The van der Waals surface area contributed by atoms with E-state index in [1.807, 2.05) is 16.8 Å². The fraction of sp³-hybridized carbons (Fsp3) is 0.231. The van der Waals surface area contributed by atoms with Gasteiger partial charge in [0.05, 0.1) is 11.9 Å². The quantitative estimate of drug-likeness (QED) is 0.805. The van der Waals surface area contributed by atoms with E-state index in [0.717, 1.165) is 22.0 Å². The third kappa shape index (κ3) is 3.67. The molecule has 0 radical (unpaired) electrons. The van der Waals surface area contributed by atoms with Crippen LogP contribution in [0.1, 0.15) is 23.8 Å². The number of rotatable bonds is 4. The van der Waals surface area contributed by atoms with Crippen LogP contribution in [0.3, 0.4) is 0 Å². The second kappa shape index (κ2) is 6.34. The monoisotopic (exact) mass is 385 g/mol. The van der Waals surface area contributed by atoms with Gasteiger partial charge in [0.2, 0.25) is 0 Å². The molecule has 4 nitrogen and oxygen atoms in total. The summed E-state index contributed by atoms with van der Waals surface area (Å²) in [5.41, 5.74) is 1.31. The largest absolute Gasteiger partial charge is 0.342 e. The minimum atomic E-state index is -0.136. The van der Waals surface area contributed by atoms with Crippen LogP contribution < -0.4 is 5.32 Å². The number of carbonyl (C=O) groups is 1. The van der Waals surface area contributed by atoms with Crippen LogP contribution in [0.4, 0.5) is 5.69 Å². The molecule has 0 saturated heterocycles. The van der Waals surface area contributed by atoms with Crippen LogP contribution in [0.5, 0.6) is 0 Å². The molecule has 100 valence electrons. The molecule has 2 aromatic heterocycles. The molecule has 0 bridgehead atoms. The number of halogens is 2. The van der Waals surface area contributed by atoms with Crippen LogP contribution in [-0.2, 0) is 6.54 Å². The van der Waals surface area contributed by atoms with Crippen molar-refractivity contribution in [1.82, 2.24) is 9.55 Å². The maximum Gasteiger partial charge on any atom is 0.272 e. The van der Waals surface area contributed by atoms with E-state index in [1.165, 1.54) is 0 Å². The van der Waals surface area contributed by atoms with E-state index < -0.39 is 0 Å². The van der Waals surface area contributed by atoms with E-state index in [-0.39, 0.29) is 5.91 Å². The molecule has 6 heteroatoms. The molecule has 2 heterocycles. The summed E-state index contributed by atoms with van der Waals surface area (Å²) in [5, 5.41) is 2.83. The Balaban J connectivity index is 2.17. The van der Waals surface area contributed by atoms with Gasteiger partial charge in [0.15, 0.2) is 0 Å². The number of amides is 1. The molecule has 0 fully saturated rings. The first-order valence-corrected chi connectivity index (χ1v) is 7.47. The van der Waals surface area contributed by atoms with Crippen LogP contribution in [0.2, 0.25) is 0 Å². The molecule has 0 saturated carbocycles. The fourth-order valence-electron chi connectivity index (χ4n) is 1.74. The Bertz CT molecular complexity index is 578. The average molecular weight is 387 g/mol. The number of carbonyl (C=O) groups excluding carboxylic acids is 1. The summed E-state index contributed by atoms with van der Waals surface area (Å²) in [6.45, 7) is 2.89. The molecule has 0 atom stereocenters. The van der Waals surface area contributed by atoms with Gasteiger partial charge in [-0.05, 0) is 56.5 Å². The first kappa shape index (κ1) is 14.3. The molecule has 0 spiro atoms. The topological polar surface area (TPSA) is 46.9 Å². The van der Waals surface area contributed by atoms with Crippen molar-refractivity contribution in [2.45, 2.75) is 19.9 Å². The summed E-state index contributed by atoms with van der Waals surface area (Å²) in [6.07, 6.45) is 4.50. The molecule has 0 aliphatic rings. The first-order chi connectivity index (χ1) is 9.10. The Kier molecular flexibility index (Phi) is 4.76. The lowest BCUT2D eigenvalue weighted by Gasteiger charge is -2.08. The summed E-state index contributed by atoms with van der Waals surface area (Å²) in [5.74, 6) is -0.136. The number of hydrogen-bond acceptors (Lipinski definition) is 2. The molecule has 0 aliphatic heterocycles. The highest BCUT2D eigenvalue weighted by molar-refractivity contribution is 9.10. The van der Waals surface area contributed by atoms with Gasteiger partial charge in [-0.15, -0.1) is 0 Å². The summed E-state index contributed by atoms with van der Waals surface area (Å²) in [4.78, 5) is 16.3. The smallest absolute Gasteiger partial charge is 0.272 e. The number of pyridine rings is 1. The van der Waals surface area contributed by atoms with Crippen molar-refractivity contribution >= 4 is 43.5 Å². The minimum absolute atomic E-state index is 0.136. The molecule has 0 aromatic carbocycles. The number of hydrogen-bond donors (Lipinski definition) is 1. The Hall–Kier alpha value is -1.14. The van der Waals surface area contributed by atoms with E-state index in [9.17, 15) is 4.79 Å². The van der Waals surface area contributed by atoms with Gasteiger partial charge in [-0.25, -0.2) is 4.98 Å². The second-order valence-electron chi connectivity index (χ2n) is 4.06. The predicted octanol–water partition coefficient (Wildman–Crippen LogP) is 4.07. The lowest BCUT2D eigenvalue weighted by molar-refractivity contribution is 0.101. The molecule has 0 unspecified atom stereocenters. The standard InChI is InChI=1S/C13H13Br2N3O/c1-2-5-18-8-9(14)6-11(18)13(19)17-10-3-4-12(15)16-7-10/h3-4,6-8H,2,5H2,1H3,(H,17,19). The van der Waals surface area contributed by atoms with E-state index in [0.29, 0.717) is 11.4 Å². The number of nitrogens with zero attached hydrogens (tertiary/aromatic N) is 2. The van der Waals surface area contributed by atoms with Gasteiger partial charge in [0.25, 0.3) is 5.91 Å². The zero-order chi connectivity index (χ0) is 13.8. The van der Waals surface area contributed by atoms with Crippen LogP contribution >= 0.6 is 31.9 Å². The fourth-order valence-corrected chi connectivity index (χ4v) is 2.43. The third-order valence-corrected chi connectivity index (χ3v) is 3.45. The van der Waals surface area contributed by atoms with Crippen molar-refractivity contribution in [3.05, 3.63) is 45.4 Å². The number of aryl methyl sites for hydroxylation is 1. The van der Waals surface area contributed by atoms with Crippen molar-refractivity contribution < 1.29 is 4.79 Å². The van der Waals surface area contributed by atoms with Crippen molar-refractivity contribution in [2.75, 3.05) is 5.32 Å². The third-order valence-electron chi connectivity index (χ3n) is 2.55. The van der Waals surface area contributed by atoms with Gasteiger partial charge in [-0.3, -0.25) is 4.79 Å². The Morgan fingerprint density at radius 1 is 1.42 bits per heavy atom. The Morgan fingerprint density at radius 3 is 2.84 bits per heavy atom. The zero-order valence-electron chi connectivity index (χ0n) is 10.4. The maximum absolute atomic E-state index is 12.2. The lowest BCUT2D eigenvalue weighted by Crippen LogP contribution is -2.16. The van der Waals surface area contributed by atoms with Gasteiger partial charge in [-0.2, -0.15) is 0 Å².